The molecule has 0 amide bonds. The van der Waals surface area contributed by atoms with Crippen LogP contribution in [0, 0.1) is 5.82 Å². The molecular weight excluding hydrogens is 277 g/mol. The Balaban J connectivity index is 2.10. The fourth-order valence-electron chi connectivity index (χ4n) is 2.01. The zero-order valence-corrected chi connectivity index (χ0v) is 11.2. The standard InChI is InChI=1S/C15H11ClFN3/c16-13-7-2-1-6-12(13)14-9-15(18)20(19-14)11-5-3-4-10(17)8-11/h1-9H,18H2. The van der Waals surface area contributed by atoms with Gasteiger partial charge in [0.15, 0.2) is 0 Å². The first kappa shape index (κ1) is 12.7. The quantitative estimate of drug-likeness (QED) is 0.776. The number of rotatable bonds is 2. The van der Waals surface area contributed by atoms with Gasteiger partial charge in [0.1, 0.15) is 11.6 Å². The van der Waals surface area contributed by atoms with Crippen LogP contribution in [0.2, 0.25) is 5.02 Å². The maximum Gasteiger partial charge on any atom is 0.127 e. The lowest BCUT2D eigenvalue weighted by atomic mass is 10.1. The van der Waals surface area contributed by atoms with Gasteiger partial charge >= 0.3 is 0 Å². The van der Waals surface area contributed by atoms with E-state index in [-0.39, 0.29) is 5.82 Å². The highest BCUT2D eigenvalue weighted by atomic mass is 35.5. The highest BCUT2D eigenvalue weighted by Gasteiger charge is 2.11. The van der Waals surface area contributed by atoms with Crippen molar-refractivity contribution in [2.24, 2.45) is 0 Å². The Morgan fingerprint density at radius 2 is 1.85 bits per heavy atom. The average Bonchev–Trinajstić information content (AvgIpc) is 2.81. The molecule has 3 aromatic rings. The van der Waals surface area contributed by atoms with Gasteiger partial charge in [-0.2, -0.15) is 5.10 Å². The molecule has 0 aliphatic heterocycles. The largest absolute Gasteiger partial charge is 0.384 e. The Morgan fingerprint density at radius 3 is 2.60 bits per heavy atom. The fourth-order valence-corrected chi connectivity index (χ4v) is 2.24. The summed E-state index contributed by atoms with van der Waals surface area (Å²) in [6.07, 6.45) is 0. The van der Waals surface area contributed by atoms with E-state index in [4.69, 9.17) is 17.3 Å². The molecule has 5 heteroatoms. The molecule has 0 fully saturated rings. The molecule has 20 heavy (non-hydrogen) atoms. The summed E-state index contributed by atoms with van der Waals surface area (Å²) in [6.45, 7) is 0. The molecule has 2 N–H and O–H groups in total. The molecule has 3 nitrogen and oxygen atoms in total. The maximum absolute atomic E-state index is 13.3. The number of benzene rings is 2. The van der Waals surface area contributed by atoms with Crippen LogP contribution in [-0.4, -0.2) is 9.78 Å². The van der Waals surface area contributed by atoms with Crippen LogP contribution < -0.4 is 5.73 Å². The van der Waals surface area contributed by atoms with Crippen LogP contribution >= 0.6 is 11.6 Å². The van der Waals surface area contributed by atoms with E-state index in [1.165, 1.54) is 16.8 Å². The van der Waals surface area contributed by atoms with E-state index in [1.807, 2.05) is 18.2 Å². The van der Waals surface area contributed by atoms with E-state index >= 15 is 0 Å². The van der Waals surface area contributed by atoms with Crippen LogP contribution in [-0.2, 0) is 0 Å². The Hall–Kier alpha value is -2.33. The summed E-state index contributed by atoms with van der Waals surface area (Å²) in [5, 5.41) is 4.99. The van der Waals surface area contributed by atoms with Gasteiger partial charge in [-0.15, -0.1) is 0 Å². The van der Waals surface area contributed by atoms with Crippen molar-refractivity contribution < 1.29 is 4.39 Å². The average molecular weight is 288 g/mol. The lowest BCUT2D eigenvalue weighted by molar-refractivity contribution is 0.625. The smallest absolute Gasteiger partial charge is 0.127 e. The number of nitrogen functional groups attached to an aromatic ring is 1. The molecule has 0 aliphatic carbocycles. The number of hydrogen-bond donors (Lipinski definition) is 1. The molecule has 0 saturated carbocycles. The highest BCUT2D eigenvalue weighted by molar-refractivity contribution is 6.33. The van der Waals surface area contributed by atoms with Gasteiger partial charge < -0.3 is 5.73 Å². The van der Waals surface area contributed by atoms with Crippen molar-refractivity contribution in [3.63, 3.8) is 0 Å². The first-order valence-corrected chi connectivity index (χ1v) is 6.39. The van der Waals surface area contributed by atoms with Gasteiger partial charge in [-0.25, -0.2) is 9.07 Å². The minimum Gasteiger partial charge on any atom is -0.384 e. The Kier molecular flexibility index (Phi) is 3.16. The second-order valence-electron chi connectivity index (χ2n) is 4.33. The first-order chi connectivity index (χ1) is 9.65. The van der Waals surface area contributed by atoms with Crippen LogP contribution in [0.4, 0.5) is 10.2 Å². The lowest BCUT2D eigenvalue weighted by Crippen LogP contribution is -2.01. The van der Waals surface area contributed by atoms with Crippen LogP contribution in [0.3, 0.4) is 0 Å². The van der Waals surface area contributed by atoms with Crippen molar-refractivity contribution in [2.75, 3.05) is 5.73 Å². The predicted molar refractivity (Wildman–Crippen MR) is 78.4 cm³/mol. The van der Waals surface area contributed by atoms with Crippen molar-refractivity contribution in [3.8, 4) is 16.9 Å². The SMILES string of the molecule is Nc1cc(-c2ccccc2Cl)nn1-c1cccc(F)c1. The number of anilines is 1. The maximum atomic E-state index is 13.3. The Labute approximate surface area is 120 Å². The van der Waals surface area contributed by atoms with Crippen LogP contribution in [0.25, 0.3) is 16.9 Å². The van der Waals surface area contributed by atoms with Gasteiger partial charge in [-0.05, 0) is 24.3 Å². The fraction of sp³-hybridized carbons (Fsp3) is 0. The van der Waals surface area contributed by atoms with Crippen molar-refractivity contribution in [3.05, 3.63) is 65.4 Å². The lowest BCUT2D eigenvalue weighted by Gasteiger charge is -2.03. The highest BCUT2D eigenvalue weighted by Crippen LogP contribution is 2.28. The minimum absolute atomic E-state index is 0.336. The van der Waals surface area contributed by atoms with E-state index in [2.05, 4.69) is 5.10 Å². The van der Waals surface area contributed by atoms with Crippen molar-refractivity contribution in [1.82, 2.24) is 9.78 Å². The summed E-state index contributed by atoms with van der Waals surface area (Å²) in [5.41, 5.74) is 7.95. The zero-order valence-electron chi connectivity index (χ0n) is 10.4. The first-order valence-electron chi connectivity index (χ1n) is 6.01. The van der Waals surface area contributed by atoms with E-state index < -0.39 is 0 Å². The molecular formula is C15H11ClFN3. The summed E-state index contributed by atoms with van der Waals surface area (Å²) in [5.74, 6) is 0.0854. The normalized spacial score (nSPS) is 10.7. The summed E-state index contributed by atoms with van der Waals surface area (Å²) in [4.78, 5) is 0. The third-order valence-corrected chi connectivity index (χ3v) is 3.27. The molecule has 0 saturated heterocycles. The third kappa shape index (κ3) is 2.26. The molecule has 2 aromatic carbocycles. The number of hydrogen-bond acceptors (Lipinski definition) is 2. The molecule has 0 bridgehead atoms. The molecule has 100 valence electrons. The monoisotopic (exact) mass is 287 g/mol. The van der Waals surface area contributed by atoms with Gasteiger partial charge in [0.05, 0.1) is 16.4 Å². The molecule has 1 heterocycles. The molecule has 0 aliphatic rings. The summed E-state index contributed by atoms with van der Waals surface area (Å²) >= 11 is 6.14. The summed E-state index contributed by atoms with van der Waals surface area (Å²) < 4.78 is 14.8. The van der Waals surface area contributed by atoms with E-state index in [9.17, 15) is 4.39 Å². The second-order valence-corrected chi connectivity index (χ2v) is 4.73. The van der Waals surface area contributed by atoms with E-state index in [0.29, 0.717) is 22.2 Å². The second kappa shape index (κ2) is 4.98. The summed E-state index contributed by atoms with van der Waals surface area (Å²) in [7, 11) is 0. The van der Waals surface area contributed by atoms with Crippen LogP contribution in [0.5, 0.6) is 0 Å². The third-order valence-electron chi connectivity index (χ3n) is 2.94. The molecule has 0 radical (unpaired) electrons. The number of halogens is 2. The van der Waals surface area contributed by atoms with Crippen LogP contribution in [0.1, 0.15) is 0 Å². The Bertz CT molecular complexity index is 767. The van der Waals surface area contributed by atoms with Gasteiger partial charge in [-0.1, -0.05) is 35.9 Å². The van der Waals surface area contributed by atoms with Gasteiger partial charge in [0.2, 0.25) is 0 Å². The van der Waals surface area contributed by atoms with Gasteiger partial charge in [0.25, 0.3) is 0 Å². The molecule has 1 aromatic heterocycles. The number of nitrogens with zero attached hydrogens (tertiary/aromatic N) is 2. The molecule has 0 atom stereocenters. The van der Waals surface area contributed by atoms with Crippen molar-refractivity contribution in [1.29, 1.82) is 0 Å². The van der Waals surface area contributed by atoms with Crippen molar-refractivity contribution in [2.45, 2.75) is 0 Å². The van der Waals surface area contributed by atoms with Gasteiger partial charge in [0, 0.05) is 11.6 Å². The molecule has 0 unspecified atom stereocenters. The molecule has 0 spiro atoms. The number of aromatic nitrogens is 2. The summed E-state index contributed by atoms with van der Waals surface area (Å²) in [6, 6.07) is 15.2. The van der Waals surface area contributed by atoms with Crippen LogP contribution in [0.15, 0.2) is 54.6 Å². The topological polar surface area (TPSA) is 43.8 Å². The van der Waals surface area contributed by atoms with E-state index in [1.54, 1.807) is 24.3 Å². The van der Waals surface area contributed by atoms with Gasteiger partial charge in [-0.3, -0.25) is 0 Å². The molecule has 3 rings (SSSR count). The Morgan fingerprint density at radius 1 is 1.05 bits per heavy atom. The minimum atomic E-state index is -0.336. The number of nitrogens with two attached hydrogens (primary N) is 1. The van der Waals surface area contributed by atoms with Crippen molar-refractivity contribution >= 4 is 17.4 Å². The zero-order chi connectivity index (χ0) is 14.1. The van der Waals surface area contributed by atoms with E-state index in [0.717, 1.165) is 5.56 Å². The predicted octanol–water partition coefficient (Wildman–Crippen LogP) is 3.91.